The fraction of sp³-hybridized carbons (Fsp3) is 0.0476. The first-order valence-electron chi connectivity index (χ1n) is 8.57. The quantitative estimate of drug-likeness (QED) is 0.292. The molecule has 0 bridgehead atoms. The van der Waals surface area contributed by atoms with E-state index in [0.717, 1.165) is 0 Å². The van der Waals surface area contributed by atoms with E-state index in [9.17, 15) is 24.9 Å². The molecule has 0 amide bonds. The van der Waals surface area contributed by atoms with E-state index in [1.54, 1.807) is 0 Å². The van der Waals surface area contributed by atoms with Gasteiger partial charge in [0.2, 0.25) is 0 Å². The number of carboxylic acid groups (broad SMARTS) is 1. The number of esters is 1. The zero-order chi connectivity index (χ0) is 21.4. The summed E-state index contributed by atoms with van der Waals surface area (Å²) in [5.41, 5.74) is -0.609. The van der Waals surface area contributed by atoms with Crippen LogP contribution in [0, 0.1) is 0 Å². The molecule has 0 aromatic heterocycles. The molecule has 3 aromatic rings. The van der Waals surface area contributed by atoms with E-state index in [1.807, 2.05) is 0 Å². The van der Waals surface area contributed by atoms with Gasteiger partial charge >= 0.3 is 71.1 Å². The predicted octanol–water partition coefficient (Wildman–Crippen LogP) is -1.10. The summed E-state index contributed by atoms with van der Waals surface area (Å²) in [7, 11) is 0. The van der Waals surface area contributed by atoms with Gasteiger partial charge in [0.15, 0.2) is 5.60 Å². The van der Waals surface area contributed by atoms with Crippen LogP contribution in [-0.4, -0.2) is 27.3 Å². The Hall–Kier alpha value is -1.42. The monoisotopic (exact) mass is 492 g/mol. The molecule has 0 aliphatic carbocycles. The maximum absolute atomic E-state index is 12.8. The predicted molar refractivity (Wildman–Crippen MR) is 107 cm³/mol. The number of fused-ring (bicyclic) bond motifs is 6. The van der Waals surface area contributed by atoms with Gasteiger partial charge in [-0.1, -0.05) is 29.3 Å². The van der Waals surface area contributed by atoms with E-state index in [4.69, 9.17) is 32.7 Å². The molecule has 0 unspecified atom stereocenters. The smallest absolute Gasteiger partial charge is 1.00 e. The third-order valence-corrected chi connectivity index (χ3v) is 5.79. The van der Waals surface area contributed by atoms with Crippen molar-refractivity contribution in [3.05, 3.63) is 80.3 Å². The van der Waals surface area contributed by atoms with Gasteiger partial charge in [-0.25, -0.2) is 9.59 Å². The van der Waals surface area contributed by atoms with Gasteiger partial charge in [0.1, 0.15) is 23.0 Å². The first-order valence-corrected chi connectivity index (χ1v) is 9.33. The number of aromatic hydroxyl groups is 2. The topological polar surface area (TPSA) is 113 Å². The van der Waals surface area contributed by atoms with Crippen LogP contribution in [0.5, 0.6) is 23.0 Å². The Balaban J connectivity index is 0.00000144. The number of carbonyl (C=O) groups is 2. The van der Waals surface area contributed by atoms with Crippen LogP contribution >= 0.6 is 23.2 Å². The van der Waals surface area contributed by atoms with Gasteiger partial charge in [0.25, 0.3) is 0 Å². The third kappa shape index (κ3) is 3.52. The summed E-state index contributed by atoms with van der Waals surface area (Å²) in [6.07, 6.45) is 0. The number of phenolic OH excluding ortho intramolecular Hbond substituents is 2. The largest absolute Gasteiger partial charge is 1.00 e. The van der Waals surface area contributed by atoms with Crippen LogP contribution in [0.25, 0.3) is 0 Å². The third-order valence-electron chi connectivity index (χ3n) is 5.19. The number of hydrogen-bond donors (Lipinski definition) is 3. The normalized spacial score (nSPS) is 14.1. The SMILES string of the molecule is O=C(O)c1ccc2c(c1)C(=O)OC21c2cc(Cl)c(O)cc2Oc2cc(O)c(Cl)cc21.[H-].[H-].[Na+].[Na+]. The molecule has 154 valence electrons. The summed E-state index contributed by atoms with van der Waals surface area (Å²) in [4.78, 5) is 24.2. The van der Waals surface area contributed by atoms with Gasteiger partial charge < -0.3 is 27.6 Å². The summed E-state index contributed by atoms with van der Waals surface area (Å²) in [5, 5.41) is 29.4. The Labute approximate surface area is 238 Å². The van der Waals surface area contributed by atoms with Crippen molar-refractivity contribution in [2.45, 2.75) is 5.60 Å². The molecule has 2 heterocycles. The maximum Gasteiger partial charge on any atom is 1.00 e. The van der Waals surface area contributed by atoms with Crippen molar-refractivity contribution in [3.8, 4) is 23.0 Å². The standard InChI is InChI=1S/C21H10Cl2O7.2Na.2H/c22-13-4-11-17(6-15(13)24)29-18-7-16(25)14(23)5-12(18)21(11)10-2-1-8(19(26)27)3-9(10)20(28)30-21;;;;/h1-7,24-25H,(H,26,27);;;;/q;2*+1;2*-1. The minimum Gasteiger partial charge on any atom is -1.00 e. The van der Waals surface area contributed by atoms with Crippen molar-refractivity contribution in [2.24, 2.45) is 0 Å². The van der Waals surface area contributed by atoms with Gasteiger partial charge in [0, 0.05) is 28.8 Å². The number of aromatic carboxylic acids is 1. The molecule has 7 nitrogen and oxygen atoms in total. The molecule has 2 aliphatic heterocycles. The summed E-state index contributed by atoms with van der Waals surface area (Å²) in [5.74, 6) is -2.15. The van der Waals surface area contributed by atoms with Crippen molar-refractivity contribution >= 4 is 35.1 Å². The average molecular weight is 493 g/mol. The summed E-state index contributed by atoms with van der Waals surface area (Å²) < 4.78 is 11.7. The van der Waals surface area contributed by atoms with Gasteiger partial charge in [-0.2, -0.15) is 0 Å². The van der Waals surface area contributed by atoms with Crippen molar-refractivity contribution in [1.82, 2.24) is 0 Å². The average Bonchev–Trinajstić information content (AvgIpc) is 2.98. The number of benzene rings is 3. The number of ether oxygens (including phenoxy) is 2. The molecule has 0 saturated carbocycles. The number of carbonyl (C=O) groups excluding carboxylic acids is 1. The summed E-state index contributed by atoms with van der Waals surface area (Å²) >= 11 is 12.3. The molecule has 32 heavy (non-hydrogen) atoms. The zero-order valence-corrected chi connectivity index (χ0v) is 22.3. The fourth-order valence-electron chi connectivity index (χ4n) is 3.87. The molecular formula is C21H12Cl2Na2O7. The Kier molecular flexibility index (Phi) is 6.88. The van der Waals surface area contributed by atoms with E-state index in [0.29, 0.717) is 16.7 Å². The molecular weight excluding hydrogens is 481 g/mol. The molecule has 3 aromatic carbocycles. The van der Waals surface area contributed by atoms with Crippen molar-refractivity contribution < 1.29 is 96.4 Å². The van der Waals surface area contributed by atoms with Crippen molar-refractivity contribution in [2.75, 3.05) is 0 Å². The zero-order valence-electron chi connectivity index (χ0n) is 18.8. The minimum absolute atomic E-state index is 0. The van der Waals surface area contributed by atoms with E-state index in [-0.39, 0.29) is 106 Å². The van der Waals surface area contributed by atoms with Crippen LogP contribution in [-0.2, 0) is 10.3 Å². The molecule has 3 N–H and O–H groups in total. The van der Waals surface area contributed by atoms with Gasteiger partial charge in [-0.3, -0.25) is 0 Å². The second-order valence-electron chi connectivity index (χ2n) is 6.84. The first kappa shape index (κ1) is 25.2. The molecule has 0 fully saturated rings. The number of hydrogen-bond acceptors (Lipinski definition) is 6. The second-order valence-corrected chi connectivity index (χ2v) is 7.65. The minimum atomic E-state index is -1.57. The van der Waals surface area contributed by atoms with Crippen LogP contribution in [0.4, 0.5) is 0 Å². The van der Waals surface area contributed by atoms with Crippen LogP contribution in [0.3, 0.4) is 0 Å². The molecule has 5 rings (SSSR count). The van der Waals surface area contributed by atoms with E-state index in [2.05, 4.69) is 0 Å². The molecule has 2 aliphatic rings. The summed E-state index contributed by atoms with van der Waals surface area (Å²) in [6, 6.07) is 9.41. The number of rotatable bonds is 1. The first-order chi connectivity index (χ1) is 14.2. The van der Waals surface area contributed by atoms with E-state index < -0.39 is 17.5 Å². The Morgan fingerprint density at radius 2 is 1.41 bits per heavy atom. The Morgan fingerprint density at radius 1 is 0.875 bits per heavy atom. The van der Waals surface area contributed by atoms with Crippen molar-refractivity contribution in [3.63, 3.8) is 0 Å². The van der Waals surface area contributed by atoms with E-state index >= 15 is 0 Å². The Bertz CT molecular complexity index is 1260. The van der Waals surface area contributed by atoms with Gasteiger partial charge in [0.05, 0.1) is 21.2 Å². The van der Waals surface area contributed by atoms with E-state index in [1.165, 1.54) is 42.5 Å². The fourth-order valence-corrected chi connectivity index (χ4v) is 4.20. The maximum atomic E-state index is 12.8. The number of carboxylic acids is 1. The Morgan fingerprint density at radius 3 is 1.91 bits per heavy atom. The number of halogens is 2. The molecule has 1 spiro atoms. The summed E-state index contributed by atoms with van der Waals surface area (Å²) in [6.45, 7) is 0. The van der Waals surface area contributed by atoms with Crippen LogP contribution in [0.1, 0.15) is 40.3 Å². The molecule has 0 atom stereocenters. The van der Waals surface area contributed by atoms with Gasteiger partial charge in [-0.05, 0) is 24.3 Å². The van der Waals surface area contributed by atoms with Crippen LogP contribution in [0.2, 0.25) is 10.0 Å². The van der Waals surface area contributed by atoms with Crippen LogP contribution < -0.4 is 63.9 Å². The molecule has 0 saturated heterocycles. The van der Waals surface area contributed by atoms with Crippen molar-refractivity contribution in [1.29, 1.82) is 0 Å². The van der Waals surface area contributed by atoms with Gasteiger partial charge in [-0.15, -0.1) is 0 Å². The number of phenols is 2. The van der Waals surface area contributed by atoms with Crippen LogP contribution in [0.15, 0.2) is 42.5 Å². The second kappa shape index (κ2) is 8.74. The molecule has 11 heteroatoms. The molecule has 0 radical (unpaired) electrons.